The summed E-state index contributed by atoms with van der Waals surface area (Å²) in [6.07, 6.45) is 3.88. The number of nitrogens with two attached hydrogens (primary N) is 1. The molecule has 0 amide bonds. The molecule has 0 aliphatic carbocycles. The highest BCUT2D eigenvalue weighted by Gasteiger charge is 2.12. The van der Waals surface area contributed by atoms with Gasteiger partial charge in [0.25, 0.3) is 0 Å². The Kier molecular flexibility index (Phi) is 2.96. The van der Waals surface area contributed by atoms with Crippen molar-refractivity contribution in [1.82, 2.24) is 9.78 Å². The van der Waals surface area contributed by atoms with Crippen LogP contribution in [0.25, 0.3) is 5.69 Å². The average molecular weight is 316 g/mol. The van der Waals surface area contributed by atoms with E-state index in [-0.39, 0.29) is 4.90 Å². The molecule has 90 valence electrons. The van der Waals surface area contributed by atoms with Gasteiger partial charge in [0, 0.05) is 16.9 Å². The molecular weight excluding hydrogens is 306 g/mol. The molecule has 0 bridgehead atoms. The summed E-state index contributed by atoms with van der Waals surface area (Å²) < 4.78 is 25.0. The van der Waals surface area contributed by atoms with Crippen LogP contribution in [-0.2, 0) is 9.84 Å². The molecule has 0 atom stereocenters. The monoisotopic (exact) mass is 315 g/mol. The molecule has 5 nitrogen and oxygen atoms in total. The number of rotatable bonds is 2. The fourth-order valence-electron chi connectivity index (χ4n) is 1.34. The molecule has 0 unspecified atom stereocenters. The SMILES string of the molecule is CS(=O)(=O)c1cnn(-c2cc(Br)ccc2N)c1. The van der Waals surface area contributed by atoms with Crippen LogP contribution in [0.15, 0.2) is 40.0 Å². The first-order valence-corrected chi connectivity index (χ1v) is 7.36. The number of sulfone groups is 1. The molecule has 7 heteroatoms. The highest BCUT2D eigenvalue weighted by atomic mass is 79.9. The summed E-state index contributed by atoms with van der Waals surface area (Å²) in [4.78, 5) is 0.164. The topological polar surface area (TPSA) is 78.0 Å². The lowest BCUT2D eigenvalue weighted by Gasteiger charge is -2.05. The van der Waals surface area contributed by atoms with Crippen LogP contribution in [0.5, 0.6) is 0 Å². The second kappa shape index (κ2) is 4.15. The fourth-order valence-corrected chi connectivity index (χ4v) is 2.22. The highest BCUT2D eigenvalue weighted by Crippen LogP contribution is 2.22. The number of hydrogen-bond donors (Lipinski definition) is 1. The van der Waals surface area contributed by atoms with Crippen molar-refractivity contribution in [3.63, 3.8) is 0 Å². The molecule has 0 saturated carbocycles. The molecule has 1 aromatic carbocycles. The first kappa shape index (κ1) is 12.1. The summed E-state index contributed by atoms with van der Waals surface area (Å²) in [6.45, 7) is 0. The van der Waals surface area contributed by atoms with E-state index in [4.69, 9.17) is 5.73 Å². The summed E-state index contributed by atoms with van der Waals surface area (Å²) in [7, 11) is -3.25. The molecular formula is C10H10BrN3O2S. The van der Waals surface area contributed by atoms with Crippen molar-refractivity contribution in [1.29, 1.82) is 0 Å². The van der Waals surface area contributed by atoms with Crippen molar-refractivity contribution in [3.8, 4) is 5.69 Å². The Bertz CT molecular complexity index is 664. The van der Waals surface area contributed by atoms with Gasteiger partial charge in [-0.25, -0.2) is 13.1 Å². The molecule has 0 fully saturated rings. The van der Waals surface area contributed by atoms with Crippen LogP contribution < -0.4 is 5.73 Å². The van der Waals surface area contributed by atoms with E-state index < -0.39 is 9.84 Å². The molecule has 0 saturated heterocycles. The third-order valence-electron chi connectivity index (χ3n) is 2.23. The predicted octanol–water partition coefficient (Wildman–Crippen LogP) is 1.62. The molecule has 0 aliphatic rings. The lowest BCUT2D eigenvalue weighted by molar-refractivity contribution is 0.602. The number of hydrogen-bond acceptors (Lipinski definition) is 4. The van der Waals surface area contributed by atoms with Crippen LogP contribution in [-0.4, -0.2) is 24.5 Å². The Morgan fingerprint density at radius 3 is 2.71 bits per heavy atom. The highest BCUT2D eigenvalue weighted by molar-refractivity contribution is 9.10. The van der Waals surface area contributed by atoms with Crippen molar-refractivity contribution >= 4 is 31.5 Å². The summed E-state index contributed by atoms with van der Waals surface area (Å²) in [5.74, 6) is 0. The average Bonchev–Trinajstić information content (AvgIpc) is 2.70. The van der Waals surface area contributed by atoms with Crippen LogP contribution in [0.4, 0.5) is 5.69 Å². The maximum Gasteiger partial charge on any atom is 0.178 e. The van der Waals surface area contributed by atoms with E-state index in [1.165, 1.54) is 17.1 Å². The molecule has 2 aromatic rings. The summed E-state index contributed by atoms with van der Waals surface area (Å²) in [5, 5.41) is 3.99. The minimum Gasteiger partial charge on any atom is -0.397 e. The first-order chi connectivity index (χ1) is 7.88. The van der Waals surface area contributed by atoms with Crippen LogP contribution in [0.3, 0.4) is 0 Å². The predicted molar refractivity (Wildman–Crippen MR) is 68.8 cm³/mol. The Morgan fingerprint density at radius 2 is 2.12 bits per heavy atom. The van der Waals surface area contributed by atoms with E-state index >= 15 is 0 Å². The molecule has 0 spiro atoms. The van der Waals surface area contributed by atoms with Crippen LogP contribution in [0, 0.1) is 0 Å². The van der Waals surface area contributed by atoms with Crippen molar-refractivity contribution in [2.45, 2.75) is 4.90 Å². The van der Waals surface area contributed by atoms with Crippen molar-refractivity contribution in [3.05, 3.63) is 35.1 Å². The minimum atomic E-state index is -3.25. The van der Waals surface area contributed by atoms with E-state index in [9.17, 15) is 8.42 Å². The van der Waals surface area contributed by atoms with Gasteiger partial charge in [0.1, 0.15) is 4.90 Å². The fraction of sp³-hybridized carbons (Fsp3) is 0.100. The number of anilines is 1. The van der Waals surface area contributed by atoms with Gasteiger partial charge in [0.2, 0.25) is 0 Å². The summed E-state index contributed by atoms with van der Waals surface area (Å²) in [6, 6.07) is 5.30. The zero-order chi connectivity index (χ0) is 12.6. The van der Waals surface area contributed by atoms with E-state index in [2.05, 4.69) is 21.0 Å². The minimum absolute atomic E-state index is 0.164. The van der Waals surface area contributed by atoms with Gasteiger partial charge in [-0.05, 0) is 18.2 Å². The van der Waals surface area contributed by atoms with Gasteiger partial charge in [-0.3, -0.25) is 0 Å². The quantitative estimate of drug-likeness (QED) is 0.854. The number of halogens is 1. The Balaban J connectivity index is 2.55. The normalized spacial score (nSPS) is 11.6. The Morgan fingerprint density at radius 1 is 1.41 bits per heavy atom. The van der Waals surface area contributed by atoms with Gasteiger partial charge in [-0.2, -0.15) is 5.10 Å². The maximum atomic E-state index is 11.3. The molecule has 2 rings (SSSR count). The van der Waals surface area contributed by atoms with Gasteiger partial charge in [0.05, 0.1) is 17.6 Å². The van der Waals surface area contributed by atoms with Gasteiger partial charge in [-0.15, -0.1) is 0 Å². The molecule has 0 aliphatic heterocycles. The van der Waals surface area contributed by atoms with Crippen LogP contribution >= 0.6 is 15.9 Å². The van der Waals surface area contributed by atoms with Crippen molar-refractivity contribution in [2.75, 3.05) is 12.0 Å². The third kappa shape index (κ3) is 2.50. The second-order valence-electron chi connectivity index (χ2n) is 3.60. The zero-order valence-corrected chi connectivity index (χ0v) is 11.4. The third-order valence-corrected chi connectivity index (χ3v) is 3.79. The van der Waals surface area contributed by atoms with Crippen molar-refractivity contribution < 1.29 is 8.42 Å². The number of benzene rings is 1. The molecule has 1 aromatic heterocycles. The second-order valence-corrected chi connectivity index (χ2v) is 6.53. The number of aromatic nitrogens is 2. The van der Waals surface area contributed by atoms with Crippen LogP contribution in [0.1, 0.15) is 0 Å². The van der Waals surface area contributed by atoms with Gasteiger partial charge in [0.15, 0.2) is 9.84 Å². The molecule has 1 heterocycles. The summed E-state index contributed by atoms with van der Waals surface area (Å²) >= 11 is 3.32. The van der Waals surface area contributed by atoms with Gasteiger partial charge >= 0.3 is 0 Å². The first-order valence-electron chi connectivity index (χ1n) is 4.68. The van der Waals surface area contributed by atoms with E-state index in [0.717, 1.165) is 10.7 Å². The van der Waals surface area contributed by atoms with E-state index in [0.29, 0.717) is 11.4 Å². The van der Waals surface area contributed by atoms with Gasteiger partial charge < -0.3 is 5.73 Å². The Hall–Kier alpha value is -1.34. The lowest BCUT2D eigenvalue weighted by Crippen LogP contribution is -2.00. The van der Waals surface area contributed by atoms with Crippen LogP contribution in [0.2, 0.25) is 0 Å². The lowest BCUT2D eigenvalue weighted by atomic mass is 10.3. The molecule has 0 radical (unpaired) electrons. The van der Waals surface area contributed by atoms with Gasteiger partial charge in [-0.1, -0.05) is 15.9 Å². The summed E-state index contributed by atoms with van der Waals surface area (Å²) in [5.41, 5.74) is 6.97. The zero-order valence-electron chi connectivity index (χ0n) is 8.96. The smallest absolute Gasteiger partial charge is 0.178 e. The largest absolute Gasteiger partial charge is 0.397 e. The Labute approximate surface area is 107 Å². The molecule has 2 N–H and O–H groups in total. The molecule has 17 heavy (non-hydrogen) atoms. The standard InChI is InChI=1S/C10H10BrN3O2S/c1-17(15,16)8-5-13-14(6-8)10-4-7(11)2-3-9(10)12/h2-6H,12H2,1H3. The number of nitrogen functional groups attached to an aromatic ring is 1. The maximum absolute atomic E-state index is 11.3. The van der Waals surface area contributed by atoms with E-state index in [1.54, 1.807) is 18.2 Å². The van der Waals surface area contributed by atoms with E-state index in [1.807, 2.05) is 0 Å². The number of nitrogens with zero attached hydrogens (tertiary/aromatic N) is 2. The van der Waals surface area contributed by atoms with Crippen molar-refractivity contribution in [2.24, 2.45) is 0 Å².